The highest BCUT2D eigenvalue weighted by Crippen LogP contribution is 2.60. The Balaban J connectivity index is 1.22. The number of hydrogen-bond donors (Lipinski definition) is 6. The number of nitrogens with two attached hydrogens (primary N) is 1. The molecule has 10 atom stereocenters. The number of imidazole rings is 2. The minimum atomic E-state index is -4.41. The molecule has 6 unspecified atom stereocenters. The van der Waals surface area contributed by atoms with Gasteiger partial charge in [-0.3, -0.25) is 37.0 Å². The van der Waals surface area contributed by atoms with E-state index in [4.69, 9.17) is 68.1 Å². The SMILES string of the molecule is Nc1nc2c(ncn2[C@@H]2O[C@@H]3COP(=O)(S)OC4C(O)[C@H](n5c(Cl)nc6cc(Cl)c(Cl)cc65)O[C@@H]4COP(=O)(S)OC2C3O)c(=O)[nH]1. The second-order valence-electron chi connectivity index (χ2n) is 10.6. The molecule has 47 heavy (non-hydrogen) atoms. The third kappa shape index (κ3) is 6.26. The first-order valence-corrected chi connectivity index (χ1v) is 19.9. The Morgan fingerprint density at radius 1 is 0.936 bits per heavy atom. The van der Waals surface area contributed by atoms with E-state index in [1.54, 1.807) is 0 Å². The van der Waals surface area contributed by atoms with Crippen LogP contribution in [0.25, 0.3) is 22.2 Å². The summed E-state index contributed by atoms with van der Waals surface area (Å²) in [5.41, 5.74) is 5.55. The summed E-state index contributed by atoms with van der Waals surface area (Å²) in [6.07, 6.45) is -10.3. The number of aromatic amines is 1. The van der Waals surface area contributed by atoms with Gasteiger partial charge in [0.25, 0.3) is 5.56 Å². The smallest absolute Gasteiger partial charge is 0.386 e. The molecule has 0 spiro atoms. The second-order valence-corrected chi connectivity index (χ2v) is 17.5. The standard InChI is InChI=1S/C22H22Cl3N7O11P2S2/c23-6-1-8-9(2-7(6)24)32(21(25)28-8)19-14(34)15-11(41-19)4-39-45(37,47)43-16-13(33)10(3-38-44(36,46)42-15)40-20(16)31-5-27-12-17(31)29-22(26)30-18(12)35/h1-2,5,10-11,13-16,19-20,33-34H,3-4H2,(H,36,46)(H,37,47)(H3,26,29,30,35)/t10-,11-,13?,14?,15?,16?,19-,20-,44?,45?/m1/s1. The Labute approximate surface area is 288 Å². The lowest BCUT2D eigenvalue weighted by molar-refractivity contribution is -0.0574. The van der Waals surface area contributed by atoms with Crippen LogP contribution in [0.15, 0.2) is 23.3 Å². The molecule has 3 saturated heterocycles. The minimum Gasteiger partial charge on any atom is -0.387 e. The highest BCUT2D eigenvalue weighted by atomic mass is 35.5. The number of benzene rings is 1. The highest BCUT2D eigenvalue weighted by Gasteiger charge is 2.53. The van der Waals surface area contributed by atoms with Crippen LogP contribution in [-0.4, -0.2) is 89.1 Å². The van der Waals surface area contributed by atoms with Gasteiger partial charge in [-0.15, -0.1) is 0 Å². The predicted octanol–water partition coefficient (Wildman–Crippen LogP) is 3.12. The van der Waals surface area contributed by atoms with Gasteiger partial charge in [0, 0.05) is 0 Å². The number of nitrogen functional groups attached to an aromatic ring is 1. The van der Waals surface area contributed by atoms with Crippen LogP contribution in [0.1, 0.15) is 12.5 Å². The van der Waals surface area contributed by atoms with Gasteiger partial charge in [-0.05, 0) is 23.7 Å². The van der Waals surface area contributed by atoms with Crippen molar-refractivity contribution >= 4 is 101 Å². The van der Waals surface area contributed by atoms with E-state index in [0.717, 1.165) is 0 Å². The highest BCUT2D eigenvalue weighted by molar-refractivity contribution is 8.44. The molecule has 3 aliphatic heterocycles. The van der Waals surface area contributed by atoms with E-state index in [9.17, 15) is 24.1 Å². The molecule has 25 heteroatoms. The zero-order chi connectivity index (χ0) is 33.6. The molecule has 6 heterocycles. The number of aromatic nitrogens is 6. The summed E-state index contributed by atoms with van der Waals surface area (Å²) < 4.78 is 63.9. The largest absolute Gasteiger partial charge is 0.387 e. The number of nitrogens with zero attached hydrogens (tertiary/aromatic N) is 5. The average molecular weight is 793 g/mol. The zero-order valence-corrected chi connectivity index (χ0v) is 28.9. The fraction of sp³-hybridized carbons (Fsp3) is 0.455. The molecule has 4 aromatic rings. The lowest BCUT2D eigenvalue weighted by Crippen LogP contribution is -2.36. The molecule has 0 saturated carbocycles. The summed E-state index contributed by atoms with van der Waals surface area (Å²) in [4.78, 5) is 27.0. The molecule has 0 amide bonds. The van der Waals surface area contributed by atoms with Gasteiger partial charge in [0.15, 0.2) is 23.6 Å². The number of fused-ring (bicyclic) bond motifs is 5. The van der Waals surface area contributed by atoms with E-state index >= 15 is 0 Å². The van der Waals surface area contributed by atoms with Crippen LogP contribution in [0.2, 0.25) is 15.3 Å². The number of nitrogens with one attached hydrogen (secondary N) is 1. The third-order valence-electron chi connectivity index (χ3n) is 7.60. The molecule has 1 aromatic carbocycles. The maximum Gasteiger partial charge on any atom is 0.386 e. The lowest BCUT2D eigenvalue weighted by atomic mass is 10.1. The number of H-pyrrole nitrogens is 1. The molecule has 5 N–H and O–H groups in total. The summed E-state index contributed by atoms with van der Waals surface area (Å²) in [6, 6.07) is 2.93. The van der Waals surface area contributed by atoms with Crippen molar-refractivity contribution in [3.05, 3.63) is 44.1 Å². The Morgan fingerprint density at radius 2 is 1.57 bits per heavy atom. The Kier molecular flexibility index (Phi) is 8.97. The van der Waals surface area contributed by atoms with Gasteiger partial charge in [0.1, 0.15) is 36.6 Å². The molecular formula is C22H22Cl3N7O11P2S2. The van der Waals surface area contributed by atoms with Gasteiger partial charge in [0.2, 0.25) is 11.2 Å². The zero-order valence-electron chi connectivity index (χ0n) is 23.1. The van der Waals surface area contributed by atoms with Crippen LogP contribution in [0.3, 0.4) is 0 Å². The number of halogens is 3. The molecule has 3 aromatic heterocycles. The molecule has 0 aliphatic carbocycles. The number of thiol groups is 2. The number of anilines is 1. The van der Waals surface area contributed by atoms with Crippen molar-refractivity contribution in [3.8, 4) is 0 Å². The summed E-state index contributed by atoms with van der Waals surface area (Å²) >= 11 is 26.9. The molecule has 2 bridgehead atoms. The van der Waals surface area contributed by atoms with Crippen molar-refractivity contribution in [3.63, 3.8) is 0 Å². The van der Waals surface area contributed by atoms with E-state index in [-0.39, 0.29) is 32.4 Å². The molecule has 0 radical (unpaired) electrons. The Hall–Kier alpha value is -1.45. The van der Waals surface area contributed by atoms with E-state index in [2.05, 4.69) is 44.4 Å². The van der Waals surface area contributed by atoms with Crippen molar-refractivity contribution in [2.45, 2.75) is 49.1 Å². The lowest BCUT2D eigenvalue weighted by Gasteiger charge is -2.26. The molecule has 254 valence electrons. The van der Waals surface area contributed by atoms with Gasteiger partial charge in [-0.25, -0.2) is 19.1 Å². The maximum atomic E-state index is 13.6. The van der Waals surface area contributed by atoms with Crippen LogP contribution < -0.4 is 11.3 Å². The number of rotatable bonds is 2. The van der Waals surface area contributed by atoms with Crippen molar-refractivity contribution in [1.82, 2.24) is 29.1 Å². The molecule has 18 nitrogen and oxygen atoms in total. The van der Waals surface area contributed by atoms with Crippen LogP contribution in [-0.2, 0) is 36.7 Å². The maximum absolute atomic E-state index is 13.6. The number of ether oxygens (including phenoxy) is 2. The van der Waals surface area contributed by atoms with Gasteiger partial charge >= 0.3 is 13.6 Å². The van der Waals surface area contributed by atoms with E-state index in [0.29, 0.717) is 11.0 Å². The van der Waals surface area contributed by atoms with E-state index < -0.39 is 81.4 Å². The van der Waals surface area contributed by atoms with Crippen LogP contribution in [0.4, 0.5) is 5.95 Å². The van der Waals surface area contributed by atoms with Gasteiger partial charge < -0.3 is 25.4 Å². The van der Waals surface area contributed by atoms with Gasteiger partial charge in [-0.2, -0.15) is 4.98 Å². The molecule has 3 fully saturated rings. The average Bonchev–Trinajstić information content (AvgIpc) is 3.70. The summed E-state index contributed by atoms with van der Waals surface area (Å²) in [6.45, 7) is -10.0. The van der Waals surface area contributed by atoms with Crippen LogP contribution in [0.5, 0.6) is 0 Å². The number of hydrogen-bond acceptors (Lipinski definition) is 15. The normalized spacial score (nSPS) is 36.7. The summed E-state index contributed by atoms with van der Waals surface area (Å²) in [5, 5.41) is 22.8. The first kappa shape index (κ1) is 34.0. The van der Waals surface area contributed by atoms with Crippen molar-refractivity contribution in [2.75, 3.05) is 18.9 Å². The molecular weight excluding hydrogens is 771 g/mol. The number of aliphatic hydroxyl groups excluding tert-OH is 2. The summed E-state index contributed by atoms with van der Waals surface area (Å²) in [5.74, 6) is -0.234. The van der Waals surface area contributed by atoms with Gasteiger partial charge in [0.05, 0.1) is 40.6 Å². The van der Waals surface area contributed by atoms with Crippen molar-refractivity contribution in [2.24, 2.45) is 0 Å². The fourth-order valence-electron chi connectivity index (χ4n) is 5.53. The molecule has 7 rings (SSSR count). The quantitative estimate of drug-likeness (QED) is 0.126. The van der Waals surface area contributed by atoms with Crippen LogP contribution >= 0.6 is 72.9 Å². The fourth-order valence-corrected chi connectivity index (χ4v) is 9.07. The van der Waals surface area contributed by atoms with Crippen molar-refractivity contribution in [1.29, 1.82) is 0 Å². The summed E-state index contributed by atoms with van der Waals surface area (Å²) in [7, 11) is 0. The Bertz CT molecular complexity index is 2050. The van der Waals surface area contributed by atoms with Gasteiger partial charge in [-0.1, -0.05) is 47.7 Å². The van der Waals surface area contributed by atoms with Crippen LogP contribution in [0, 0.1) is 0 Å². The third-order valence-corrected chi connectivity index (χ3v) is 11.8. The van der Waals surface area contributed by atoms with E-state index in [1.807, 2.05) is 0 Å². The van der Waals surface area contributed by atoms with Crippen molar-refractivity contribution < 1.29 is 46.9 Å². The predicted molar refractivity (Wildman–Crippen MR) is 172 cm³/mol. The first-order chi connectivity index (χ1) is 22.1. The minimum absolute atomic E-state index is 0.0469. The van der Waals surface area contributed by atoms with E-state index in [1.165, 1.54) is 27.6 Å². The second kappa shape index (κ2) is 12.4. The Morgan fingerprint density at radius 3 is 2.30 bits per heavy atom. The monoisotopic (exact) mass is 791 g/mol. The number of aliphatic hydroxyl groups is 2. The first-order valence-electron chi connectivity index (χ1n) is 13.4. The topological polar surface area (TPSA) is 237 Å². The molecule has 3 aliphatic rings.